The molecule has 1 aliphatic heterocycles. The lowest BCUT2D eigenvalue weighted by Gasteiger charge is -2.24. The van der Waals surface area contributed by atoms with Gasteiger partial charge in [0.05, 0.1) is 30.0 Å². The zero-order valence-corrected chi connectivity index (χ0v) is 18.3. The first-order chi connectivity index (χ1) is 16.0. The summed E-state index contributed by atoms with van der Waals surface area (Å²) in [6.07, 6.45) is 4.12. The summed E-state index contributed by atoms with van der Waals surface area (Å²) in [6, 6.07) is 9.72. The quantitative estimate of drug-likeness (QED) is 0.408. The molecule has 0 spiro atoms. The van der Waals surface area contributed by atoms with E-state index in [1.54, 1.807) is 29.1 Å². The van der Waals surface area contributed by atoms with Crippen LogP contribution in [0.3, 0.4) is 0 Å². The monoisotopic (exact) mass is 451 g/mol. The largest absolute Gasteiger partial charge is 0.369 e. The summed E-state index contributed by atoms with van der Waals surface area (Å²) in [6.45, 7) is 1.63. The number of hydrogen-bond acceptors (Lipinski definition) is 6. The minimum Gasteiger partial charge on any atom is -0.369 e. The normalized spacial score (nSPS) is 15.7. The number of anilines is 1. The molecular weight excluding hydrogens is 425 g/mol. The van der Waals surface area contributed by atoms with Gasteiger partial charge >= 0.3 is 0 Å². The summed E-state index contributed by atoms with van der Waals surface area (Å²) in [5.41, 5.74) is 2.74. The Morgan fingerprint density at radius 3 is 2.94 bits per heavy atom. The molecule has 3 aromatic rings. The molecule has 2 aromatic heterocycles. The molecule has 1 aliphatic rings. The predicted octanol–water partition coefficient (Wildman–Crippen LogP) is 1.09. The van der Waals surface area contributed by atoms with Gasteiger partial charge < -0.3 is 21.3 Å². The number of halogens is 1. The molecule has 0 aliphatic carbocycles. The van der Waals surface area contributed by atoms with Crippen molar-refractivity contribution < 1.29 is 14.0 Å². The lowest BCUT2D eigenvalue weighted by molar-refractivity contribution is -0.122. The number of carbonyl (C=O) groups excluding carboxylic acids is 2. The van der Waals surface area contributed by atoms with Gasteiger partial charge in [-0.3, -0.25) is 14.3 Å². The summed E-state index contributed by atoms with van der Waals surface area (Å²) in [7, 11) is 1.82. The number of benzene rings is 1. The van der Waals surface area contributed by atoms with E-state index in [2.05, 4.69) is 31.3 Å². The molecule has 1 atom stereocenters. The Bertz CT molecular complexity index is 1150. The average Bonchev–Trinajstić information content (AvgIpc) is 3.24. The van der Waals surface area contributed by atoms with Crippen molar-refractivity contribution in [2.45, 2.75) is 12.5 Å². The molecule has 10 heteroatoms. The number of rotatable bonds is 8. The Morgan fingerprint density at radius 1 is 1.30 bits per heavy atom. The van der Waals surface area contributed by atoms with Crippen LogP contribution in [0.2, 0.25) is 0 Å². The third-order valence-corrected chi connectivity index (χ3v) is 5.29. The maximum absolute atomic E-state index is 13.5. The van der Waals surface area contributed by atoms with Crippen LogP contribution in [0.15, 0.2) is 48.8 Å². The van der Waals surface area contributed by atoms with Gasteiger partial charge in [0.25, 0.3) is 5.91 Å². The molecule has 3 heterocycles. The fraction of sp³-hybridized carbons (Fsp3) is 0.304. The molecule has 2 amide bonds. The van der Waals surface area contributed by atoms with E-state index in [1.165, 1.54) is 12.1 Å². The van der Waals surface area contributed by atoms with Gasteiger partial charge in [0.2, 0.25) is 5.91 Å². The van der Waals surface area contributed by atoms with Crippen molar-refractivity contribution in [2.75, 3.05) is 31.5 Å². The van der Waals surface area contributed by atoms with Crippen molar-refractivity contribution in [3.63, 3.8) is 0 Å². The zero-order valence-electron chi connectivity index (χ0n) is 18.3. The SMILES string of the molecule is Cn1cc(-c2ccc(C(=O)NCC3CNCC(=O)N3)c(NCCc3cccc(F)c3)n2)cn1. The van der Waals surface area contributed by atoms with Crippen LogP contribution in [0.25, 0.3) is 11.3 Å². The second-order valence-corrected chi connectivity index (χ2v) is 7.91. The van der Waals surface area contributed by atoms with Gasteiger partial charge in [-0.25, -0.2) is 9.37 Å². The number of pyridine rings is 1. The highest BCUT2D eigenvalue weighted by Crippen LogP contribution is 2.22. The highest BCUT2D eigenvalue weighted by atomic mass is 19.1. The lowest BCUT2D eigenvalue weighted by atomic mass is 10.1. The number of carbonyl (C=O) groups is 2. The van der Waals surface area contributed by atoms with Gasteiger partial charge in [0.15, 0.2) is 0 Å². The van der Waals surface area contributed by atoms with Crippen LogP contribution in [-0.2, 0) is 18.3 Å². The minimum absolute atomic E-state index is 0.0947. The van der Waals surface area contributed by atoms with Gasteiger partial charge in [-0.15, -0.1) is 0 Å². The number of hydrogen-bond donors (Lipinski definition) is 4. The smallest absolute Gasteiger partial charge is 0.255 e. The summed E-state index contributed by atoms with van der Waals surface area (Å²) >= 11 is 0. The van der Waals surface area contributed by atoms with E-state index in [1.807, 2.05) is 19.3 Å². The van der Waals surface area contributed by atoms with E-state index in [-0.39, 0.29) is 30.2 Å². The van der Waals surface area contributed by atoms with Gasteiger partial charge in [-0.05, 0) is 36.2 Å². The number of amides is 2. The van der Waals surface area contributed by atoms with Gasteiger partial charge in [-0.1, -0.05) is 12.1 Å². The number of aryl methyl sites for hydroxylation is 1. The number of nitrogens with zero attached hydrogens (tertiary/aromatic N) is 3. The van der Waals surface area contributed by atoms with Crippen molar-refractivity contribution in [1.29, 1.82) is 0 Å². The molecule has 0 bridgehead atoms. The van der Waals surface area contributed by atoms with Crippen LogP contribution < -0.4 is 21.3 Å². The molecule has 1 fully saturated rings. The van der Waals surface area contributed by atoms with E-state index in [9.17, 15) is 14.0 Å². The van der Waals surface area contributed by atoms with E-state index in [0.717, 1.165) is 11.1 Å². The molecule has 33 heavy (non-hydrogen) atoms. The third kappa shape index (κ3) is 5.92. The van der Waals surface area contributed by atoms with Crippen LogP contribution in [0.4, 0.5) is 10.2 Å². The van der Waals surface area contributed by atoms with Crippen molar-refractivity contribution in [3.8, 4) is 11.3 Å². The molecule has 4 N–H and O–H groups in total. The second kappa shape index (κ2) is 10.2. The Balaban J connectivity index is 1.49. The average molecular weight is 452 g/mol. The summed E-state index contributed by atoms with van der Waals surface area (Å²) in [5.74, 6) is -0.249. The fourth-order valence-electron chi connectivity index (χ4n) is 3.63. The van der Waals surface area contributed by atoms with Crippen molar-refractivity contribution in [3.05, 3.63) is 65.7 Å². The van der Waals surface area contributed by atoms with Gasteiger partial charge in [-0.2, -0.15) is 5.10 Å². The molecule has 1 unspecified atom stereocenters. The maximum Gasteiger partial charge on any atom is 0.255 e. The zero-order chi connectivity index (χ0) is 23.2. The van der Waals surface area contributed by atoms with Gasteiger partial charge in [0, 0.05) is 38.4 Å². The molecule has 0 radical (unpaired) electrons. The Hall–Kier alpha value is -3.79. The van der Waals surface area contributed by atoms with Crippen molar-refractivity contribution in [1.82, 2.24) is 30.7 Å². The summed E-state index contributed by atoms with van der Waals surface area (Å²) in [4.78, 5) is 29.1. The molecule has 1 saturated heterocycles. The summed E-state index contributed by atoms with van der Waals surface area (Å²) < 4.78 is 15.1. The Morgan fingerprint density at radius 2 is 2.18 bits per heavy atom. The molecule has 4 rings (SSSR count). The third-order valence-electron chi connectivity index (χ3n) is 5.29. The van der Waals surface area contributed by atoms with Crippen LogP contribution in [0.5, 0.6) is 0 Å². The van der Waals surface area contributed by atoms with Crippen molar-refractivity contribution >= 4 is 17.6 Å². The van der Waals surface area contributed by atoms with Crippen molar-refractivity contribution in [2.24, 2.45) is 7.05 Å². The minimum atomic E-state index is -0.298. The van der Waals surface area contributed by atoms with Gasteiger partial charge in [0.1, 0.15) is 11.6 Å². The number of aromatic nitrogens is 3. The fourth-order valence-corrected chi connectivity index (χ4v) is 3.63. The number of piperazine rings is 1. The van der Waals surface area contributed by atoms with Crippen LogP contribution in [0, 0.1) is 5.82 Å². The number of nitrogens with one attached hydrogen (secondary N) is 4. The molecule has 9 nitrogen and oxygen atoms in total. The first kappa shape index (κ1) is 22.4. The first-order valence-corrected chi connectivity index (χ1v) is 10.7. The first-order valence-electron chi connectivity index (χ1n) is 10.7. The molecule has 172 valence electrons. The lowest BCUT2D eigenvalue weighted by Crippen LogP contribution is -2.56. The van der Waals surface area contributed by atoms with Crippen LogP contribution >= 0.6 is 0 Å². The highest BCUT2D eigenvalue weighted by Gasteiger charge is 2.20. The van der Waals surface area contributed by atoms with E-state index in [4.69, 9.17) is 0 Å². The maximum atomic E-state index is 13.5. The van der Waals surface area contributed by atoms with E-state index in [0.29, 0.717) is 43.1 Å². The van der Waals surface area contributed by atoms with E-state index < -0.39 is 0 Å². The summed E-state index contributed by atoms with van der Waals surface area (Å²) in [5, 5.41) is 16.1. The molecular formula is C23H26FN7O2. The standard InChI is InChI=1S/C23H26FN7O2/c1-31-14-16(10-28-31)20-6-5-19(23(33)27-12-18-11-25-13-21(32)29-18)22(30-20)26-8-7-15-3-2-4-17(24)9-15/h2-6,9-10,14,18,25H,7-8,11-13H2,1H3,(H,26,30)(H,27,33)(H,29,32). The molecule has 0 saturated carbocycles. The van der Waals surface area contributed by atoms with E-state index >= 15 is 0 Å². The Kier molecular flexibility index (Phi) is 6.94. The Labute approximate surface area is 190 Å². The highest BCUT2D eigenvalue weighted by molar-refractivity contribution is 5.99. The topological polar surface area (TPSA) is 113 Å². The second-order valence-electron chi connectivity index (χ2n) is 7.91. The van der Waals surface area contributed by atoms with Crippen LogP contribution in [0.1, 0.15) is 15.9 Å². The predicted molar refractivity (Wildman–Crippen MR) is 122 cm³/mol. The molecule has 1 aromatic carbocycles. The van der Waals surface area contributed by atoms with Crippen LogP contribution in [-0.4, -0.2) is 58.8 Å².